The molecule has 0 radical (unpaired) electrons. The van der Waals surface area contributed by atoms with Crippen LogP contribution in [0.15, 0.2) is 42.5 Å². The number of benzene rings is 2. The van der Waals surface area contributed by atoms with Crippen molar-refractivity contribution in [3.05, 3.63) is 70.3 Å². The molecule has 1 atom stereocenters. The average Bonchev–Trinajstić information content (AvgIpc) is 2.49. The summed E-state index contributed by atoms with van der Waals surface area (Å²) in [5.41, 5.74) is 7.08. The molecular weight excluding hydrogens is 254 g/mol. The molecule has 0 aliphatic heterocycles. The van der Waals surface area contributed by atoms with Gasteiger partial charge in [0.05, 0.1) is 0 Å². The molecule has 1 N–H and O–H groups in total. The summed E-state index contributed by atoms with van der Waals surface area (Å²) in [5, 5.41) is 3.61. The van der Waals surface area contributed by atoms with Crippen LogP contribution in [0.1, 0.15) is 47.2 Å². The number of nitrogens with one attached hydrogen (secondary N) is 1. The molecule has 2 aromatic rings. The van der Waals surface area contributed by atoms with Gasteiger partial charge in [0, 0.05) is 6.04 Å². The zero-order chi connectivity index (χ0) is 15.2. The quantitative estimate of drug-likeness (QED) is 0.794. The fourth-order valence-corrected chi connectivity index (χ4v) is 2.91. The van der Waals surface area contributed by atoms with E-state index in [1.165, 1.54) is 27.8 Å². The summed E-state index contributed by atoms with van der Waals surface area (Å²) in [6, 6.07) is 15.9. The second kappa shape index (κ2) is 7.42. The van der Waals surface area contributed by atoms with E-state index >= 15 is 0 Å². The minimum absolute atomic E-state index is 0.442. The molecule has 0 aliphatic carbocycles. The van der Waals surface area contributed by atoms with E-state index in [4.69, 9.17) is 0 Å². The molecule has 21 heavy (non-hydrogen) atoms. The third kappa shape index (κ3) is 4.18. The largest absolute Gasteiger partial charge is 0.310 e. The first-order valence-corrected chi connectivity index (χ1v) is 7.97. The van der Waals surface area contributed by atoms with E-state index in [0.717, 1.165) is 19.4 Å². The SMILES string of the molecule is CCNC(CCc1cc(C)c(C)cc1C)c1ccccc1. The van der Waals surface area contributed by atoms with Gasteiger partial charge in [-0.05, 0) is 68.0 Å². The van der Waals surface area contributed by atoms with Crippen LogP contribution in [-0.2, 0) is 6.42 Å². The summed E-state index contributed by atoms with van der Waals surface area (Å²) in [6.07, 6.45) is 2.26. The van der Waals surface area contributed by atoms with E-state index in [1.807, 2.05) is 0 Å². The lowest BCUT2D eigenvalue weighted by Gasteiger charge is -2.19. The molecule has 0 fully saturated rings. The first kappa shape index (κ1) is 15.8. The van der Waals surface area contributed by atoms with Crippen LogP contribution in [0, 0.1) is 20.8 Å². The van der Waals surface area contributed by atoms with Crippen molar-refractivity contribution in [3.8, 4) is 0 Å². The van der Waals surface area contributed by atoms with Crippen LogP contribution in [0.3, 0.4) is 0 Å². The van der Waals surface area contributed by atoms with Gasteiger partial charge in [0.1, 0.15) is 0 Å². The summed E-state index contributed by atoms with van der Waals surface area (Å²) in [6.45, 7) is 9.81. The predicted molar refractivity (Wildman–Crippen MR) is 91.8 cm³/mol. The topological polar surface area (TPSA) is 12.0 Å². The Hall–Kier alpha value is -1.60. The average molecular weight is 281 g/mol. The fraction of sp³-hybridized carbons (Fsp3) is 0.400. The van der Waals surface area contributed by atoms with Crippen LogP contribution in [0.5, 0.6) is 0 Å². The third-order valence-electron chi connectivity index (χ3n) is 4.31. The van der Waals surface area contributed by atoms with Crippen molar-refractivity contribution in [2.24, 2.45) is 0 Å². The Bertz CT molecular complexity index is 572. The molecule has 2 aromatic carbocycles. The summed E-state index contributed by atoms with van der Waals surface area (Å²) < 4.78 is 0. The number of rotatable bonds is 6. The van der Waals surface area contributed by atoms with Crippen LogP contribution >= 0.6 is 0 Å². The van der Waals surface area contributed by atoms with Gasteiger partial charge in [-0.3, -0.25) is 0 Å². The van der Waals surface area contributed by atoms with Gasteiger partial charge in [-0.1, -0.05) is 49.4 Å². The lowest BCUT2D eigenvalue weighted by molar-refractivity contribution is 0.515. The molecule has 0 bridgehead atoms. The van der Waals surface area contributed by atoms with E-state index in [9.17, 15) is 0 Å². The lowest BCUT2D eigenvalue weighted by atomic mass is 9.94. The second-order valence-electron chi connectivity index (χ2n) is 5.92. The summed E-state index contributed by atoms with van der Waals surface area (Å²) in [5.74, 6) is 0. The Morgan fingerprint density at radius 3 is 2.24 bits per heavy atom. The van der Waals surface area contributed by atoms with E-state index < -0.39 is 0 Å². The van der Waals surface area contributed by atoms with E-state index in [2.05, 4.69) is 75.5 Å². The van der Waals surface area contributed by atoms with Crippen LogP contribution in [0.25, 0.3) is 0 Å². The van der Waals surface area contributed by atoms with Crippen LogP contribution in [0.2, 0.25) is 0 Å². The summed E-state index contributed by atoms with van der Waals surface area (Å²) in [4.78, 5) is 0. The van der Waals surface area contributed by atoms with Gasteiger partial charge >= 0.3 is 0 Å². The molecule has 0 heterocycles. The second-order valence-corrected chi connectivity index (χ2v) is 5.92. The summed E-state index contributed by atoms with van der Waals surface area (Å²) >= 11 is 0. The molecular formula is C20H27N. The number of hydrogen-bond acceptors (Lipinski definition) is 1. The Morgan fingerprint density at radius 2 is 1.57 bits per heavy atom. The Balaban J connectivity index is 2.11. The van der Waals surface area contributed by atoms with Crippen LogP contribution < -0.4 is 5.32 Å². The molecule has 0 spiro atoms. The maximum atomic E-state index is 3.61. The number of aryl methyl sites for hydroxylation is 4. The Labute approximate surface area is 129 Å². The molecule has 0 saturated carbocycles. The molecule has 0 amide bonds. The first-order valence-electron chi connectivity index (χ1n) is 7.97. The van der Waals surface area contributed by atoms with Crippen LogP contribution in [0.4, 0.5) is 0 Å². The van der Waals surface area contributed by atoms with Crippen molar-refractivity contribution in [1.29, 1.82) is 0 Å². The van der Waals surface area contributed by atoms with Crippen molar-refractivity contribution in [2.45, 2.75) is 46.6 Å². The monoisotopic (exact) mass is 281 g/mol. The zero-order valence-electron chi connectivity index (χ0n) is 13.7. The molecule has 2 rings (SSSR count). The van der Waals surface area contributed by atoms with Crippen molar-refractivity contribution in [3.63, 3.8) is 0 Å². The van der Waals surface area contributed by atoms with E-state index in [-0.39, 0.29) is 0 Å². The zero-order valence-corrected chi connectivity index (χ0v) is 13.7. The Morgan fingerprint density at radius 1 is 0.905 bits per heavy atom. The van der Waals surface area contributed by atoms with Gasteiger partial charge in [-0.15, -0.1) is 0 Å². The van der Waals surface area contributed by atoms with Crippen molar-refractivity contribution in [1.82, 2.24) is 5.32 Å². The van der Waals surface area contributed by atoms with E-state index in [1.54, 1.807) is 0 Å². The van der Waals surface area contributed by atoms with Gasteiger partial charge in [-0.2, -0.15) is 0 Å². The normalized spacial score (nSPS) is 12.4. The standard InChI is InChI=1S/C20H27N/c1-5-21-20(18-9-7-6-8-10-18)12-11-19-14-16(3)15(2)13-17(19)4/h6-10,13-14,20-21H,5,11-12H2,1-4H3. The summed E-state index contributed by atoms with van der Waals surface area (Å²) in [7, 11) is 0. The minimum atomic E-state index is 0.442. The maximum absolute atomic E-state index is 3.61. The van der Waals surface area contributed by atoms with Gasteiger partial charge < -0.3 is 5.32 Å². The Kier molecular flexibility index (Phi) is 5.58. The molecule has 0 aliphatic rings. The lowest BCUT2D eigenvalue weighted by Crippen LogP contribution is -2.21. The highest BCUT2D eigenvalue weighted by atomic mass is 14.9. The van der Waals surface area contributed by atoms with Crippen molar-refractivity contribution < 1.29 is 0 Å². The highest BCUT2D eigenvalue weighted by molar-refractivity contribution is 5.36. The first-order chi connectivity index (χ1) is 10.1. The molecule has 0 saturated heterocycles. The third-order valence-corrected chi connectivity index (χ3v) is 4.31. The van der Waals surface area contributed by atoms with Gasteiger partial charge in [-0.25, -0.2) is 0 Å². The number of hydrogen-bond donors (Lipinski definition) is 1. The maximum Gasteiger partial charge on any atom is 0.0323 e. The molecule has 1 heteroatoms. The highest BCUT2D eigenvalue weighted by Crippen LogP contribution is 2.22. The van der Waals surface area contributed by atoms with Crippen LogP contribution in [-0.4, -0.2) is 6.54 Å². The highest BCUT2D eigenvalue weighted by Gasteiger charge is 2.11. The van der Waals surface area contributed by atoms with Gasteiger partial charge in [0.15, 0.2) is 0 Å². The molecule has 1 unspecified atom stereocenters. The molecule has 1 nitrogen and oxygen atoms in total. The predicted octanol–water partition coefficient (Wildman–Crippen LogP) is 4.90. The van der Waals surface area contributed by atoms with Gasteiger partial charge in [0.2, 0.25) is 0 Å². The van der Waals surface area contributed by atoms with Gasteiger partial charge in [0.25, 0.3) is 0 Å². The molecule has 112 valence electrons. The smallest absolute Gasteiger partial charge is 0.0323 e. The van der Waals surface area contributed by atoms with Crippen molar-refractivity contribution in [2.75, 3.05) is 6.54 Å². The van der Waals surface area contributed by atoms with Crippen molar-refractivity contribution >= 4 is 0 Å². The van der Waals surface area contributed by atoms with E-state index in [0.29, 0.717) is 6.04 Å². The fourth-order valence-electron chi connectivity index (χ4n) is 2.91. The minimum Gasteiger partial charge on any atom is -0.310 e. The molecule has 0 aromatic heterocycles.